The zero-order valence-corrected chi connectivity index (χ0v) is 34.0. The van der Waals surface area contributed by atoms with Gasteiger partial charge in [0.15, 0.2) is 17.5 Å². The average Bonchev–Trinajstić information content (AvgIpc) is 3.92. The van der Waals surface area contributed by atoms with Crippen LogP contribution in [-0.2, 0) is 0 Å². The summed E-state index contributed by atoms with van der Waals surface area (Å²) in [5.41, 5.74) is 8.88. The molecule has 62 heavy (non-hydrogen) atoms. The molecule has 0 aliphatic carbocycles. The third-order valence-corrected chi connectivity index (χ3v) is 13.5. The fourth-order valence-corrected chi connectivity index (χ4v) is 10.7. The summed E-state index contributed by atoms with van der Waals surface area (Å²) in [5, 5.41) is 12.1. The standard InChI is InChI=1S/C57H33N3OS/c1-2-14-34(15-3-1)55-58-56(60-57(59-55)46-24-13-27-52-54(46)45-22-10-11-26-51(45)62-52)44-21-9-8-20-41(44)43-23-12-25-50-53(43)48-33-36(29-31-49(48)61-50)35-28-30-42-39-18-5-4-16-37(39)38-17-6-7-19-40(38)47(42)32-35/h1-33H. The van der Waals surface area contributed by atoms with E-state index in [1.807, 2.05) is 18.2 Å². The van der Waals surface area contributed by atoms with Crippen LogP contribution in [0.3, 0.4) is 0 Å². The van der Waals surface area contributed by atoms with E-state index < -0.39 is 0 Å². The first-order chi connectivity index (χ1) is 30.7. The highest BCUT2D eigenvalue weighted by molar-refractivity contribution is 7.25. The highest BCUT2D eigenvalue weighted by atomic mass is 32.1. The van der Waals surface area contributed by atoms with E-state index in [1.165, 1.54) is 47.1 Å². The Balaban J connectivity index is 1.00. The molecule has 13 rings (SSSR count). The molecule has 0 aliphatic rings. The maximum atomic E-state index is 6.61. The Morgan fingerprint density at radius 2 is 0.823 bits per heavy atom. The van der Waals surface area contributed by atoms with Crippen LogP contribution in [0.4, 0.5) is 0 Å². The lowest BCUT2D eigenvalue weighted by Gasteiger charge is -2.13. The van der Waals surface area contributed by atoms with Crippen LogP contribution in [0.2, 0.25) is 0 Å². The van der Waals surface area contributed by atoms with Crippen molar-refractivity contribution in [2.24, 2.45) is 0 Å². The van der Waals surface area contributed by atoms with E-state index in [0.29, 0.717) is 17.5 Å². The van der Waals surface area contributed by atoms with E-state index in [2.05, 4.69) is 182 Å². The third kappa shape index (κ3) is 5.42. The molecule has 3 aromatic heterocycles. The highest BCUT2D eigenvalue weighted by Gasteiger charge is 2.21. The van der Waals surface area contributed by atoms with Gasteiger partial charge in [0.25, 0.3) is 0 Å². The second kappa shape index (κ2) is 13.8. The zero-order valence-electron chi connectivity index (χ0n) is 33.2. The molecule has 4 nitrogen and oxygen atoms in total. The maximum Gasteiger partial charge on any atom is 0.164 e. The van der Waals surface area contributed by atoms with Crippen molar-refractivity contribution in [1.29, 1.82) is 0 Å². The molecule has 0 N–H and O–H groups in total. The number of thiophene rings is 1. The number of rotatable bonds is 5. The molecule has 0 aliphatic heterocycles. The smallest absolute Gasteiger partial charge is 0.164 e. The van der Waals surface area contributed by atoms with E-state index in [4.69, 9.17) is 19.4 Å². The van der Waals surface area contributed by atoms with Gasteiger partial charge in [-0.25, -0.2) is 15.0 Å². The minimum atomic E-state index is 0.613. The number of fused-ring (bicyclic) bond motifs is 12. The maximum absolute atomic E-state index is 6.61. The van der Waals surface area contributed by atoms with Crippen molar-refractivity contribution < 1.29 is 4.42 Å². The van der Waals surface area contributed by atoms with Crippen molar-refractivity contribution >= 4 is 85.8 Å². The van der Waals surface area contributed by atoms with Crippen LogP contribution in [0.1, 0.15) is 0 Å². The third-order valence-electron chi connectivity index (χ3n) is 12.3. The SMILES string of the molecule is c1ccc(-c2nc(-c3ccccc3-c3cccc4oc5ccc(-c6ccc7c8ccccc8c8ccccc8c7c6)cc5c34)nc(-c3cccc4sc5ccccc5c34)n2)cc1. The van der Waals surface area contributed by atoms with Crippen molar-refractivity contribution in [2.45, 2.75) is 0 Å². The molecule has 0 spiro atoms. The van der Waals surface area contributed by atoms with Crippen LogP contribution in [0, 0.1) is 0 Å². The highest BCUT2D eigenvalue weighted by Crippen LogP contribution is 2.44. The summed E-state index contributed by atoms with van der Waals surface area (Å²) in [7, 11) is 0. The Labute approximate surface area is 360 Å². The van der Waals surface area contributed by atoms with Crippen LogP contribution < -0.4 is 0 Å². The first-order valence-corrected chi connectivity index (χ1v) is 21.7. The molecule has 0 radical (unpaired) electrons. The number of furan rings is 1. The molecule has 0 saturated heterocycles. The molecule has 0 unspecified atom stereocenters. The van der Waals surface area contributed by atoms with Crippen LogP contribution in [0.5, 0.6) is 0 Å². The summed E-state index contributed by atoms with van der Waals surface area (Å²) >= 11 is 1.79. The Hall–Kier alpha value is -7.99. The van der Waals surface area contributed by atoms with Gasteiger partial charge in [0.05, 0.1) is 0 Å². The Kier molecular flexibility index (Phi) is 7.74. The van der Waals surface area contributed by atoms with Crippen LogP contribution in [0.25, 0.3) is 131 Å². The Morgan fingerprint density at radius 1 is 0.290 bits per heavy atom. The quantitative estimate of drug-likeness (QED) is 0.163. The van der Waals surface area contributed by atoms with E-state index >= 15 is 0 Å². The molecule has 0 atom stereocenters. The molecule has 13 aromatic rings. The first kappa shape index (κ1) is 34.8. The normalized spacial score (nSPS) is 11.9. The van der Waals surface area contributed by atoms with Gasteiger partial charge in [-0.3, -0.25) is 0 Å². The fourth-order valence-electron chi connectivity index (χ4n) is 9.53. The van der Waals surface area contributed by atoms with E-state index in [-0.39, 0.29) is 0 Å². The molecule has 0 bridgehead atoms. The van der Waals surface area contributed by atoms with Gasteiger partial charge in [-0.1, -0.05) is 164 Å². The first-order valence-electron chi connectivity index (χ1n) is 20.8. The van der Waals surface area contributed by atoms with Crippen molar-refractivity contribution in [3.8, 4) is 56.4 Å². The van der Waals surface area contributed by atoms with Crippen LogP contribution in [0.15, 0.2) is 205 Å². The minimum absolute atomic E-state index is 0.613. The molecule has 5 heteroatoms. The lowest BCUT2D eigenvalue weighted by atomic mass is 9.91. The zero-order chi connectivity index (χ0) is 40.7. The van der Waals surface area contributed by atoms with Crippen LogP contribution in [-0.4, -0.2) is 15.0 Å². The van der Waals surface area contributed by atoms with Gasteiger partial charge in [-0.05, 0) is 91.0 Å². The van der Waals surface area contributed by atoms with Crippen molar-refractivity contribution in [3.63, 3.8) is 0 Å². The number of nitrogens with zero attached hydrogens (tertiary/aromatic N) is 3. The molecule has 0 fully saturated rings. The molecular weight excluding hydrogens is 775 g/mol. The molecule has 0 saturated carbocycles. The number of hydrogen-bond donors (Lipinski definition) is 0. The van der Waals surface area contributed by atoms with Gasteiger partial charge >= 0.3 is 0 Å². The average molecular weight is 808 g/mol. The minimum Gasteiger partial charge on any atom is -0.456 e. The summed E-state index contributed by atoms with van der Waals surface area (Å²) in [6.45, 7) is 0. The molecule has 3 heterocycles. The largest absolute Gasteiger partial charge is 0.456 e. The monoisotopic (exact) mass is 807 g/mol. The van der Waals surface area contributed by atoms with Crippen molar-refractivity contribution in [3.05, 3.63) is 200 Å². The van der Waals surface area contributed by atoms with Gasteiger partial charge < -0.3 is 4.42 Å². The van der Waals surface area contributed by atoms with Gasteiger partial charge in [0.2, 0.25) is 0 Å². The summed E-state index contributed by atoms with van der Waals surface area (Å²) in [5.74, 6) is 1.89. The van der Waals surface area contributed by atoms with Crippen LogP contribution >= 0.6 is 11.3 Å². The molecule has 288 valence electrons. The van der Waals surface area contributed by atoms with E-state index in [0.717, 1.165) is 66.3 Å². The van der Waals surface area contributed by atoms with Crippen molar-refractivity contribution in [2.75, 3.05) is 0 Å². The summed E-state index contributed by atoms with van der Waals surface area (Å²) in [6.07, 6.45) is 0. The summed E-state index contributed by atoms with van der Waals surface area (Å²) in [4.78, 5) is 15.7. The Morgan fingerprint density at radius 3 is 1.60 bits per heavy atom. The van der Waals surface area contributed by atoms with E-state index in [1.54, 1.807) is 11.3 Å². The van der Waals surface area contributed by atoms with Crippen molar-refractivity contribution in [1.82, 2.24) is 15.0 Å². The summed E-state index contributed by atoms with van der Waals surface area (Å²) < 4.78 is 9.05. The number of benzene rings is 10. The molecule has 10 aromatic carbocycles. The lowest BCUT2D eigenvalue weighted by molar-refractivity contribution is 0.669. The van der Waals surface area contributed by atoms with Gasteiger partial charge in [-0.2, -0.15) is 0 Å². The lowest BCUT2D eigenvalue weighted by Crippen LogP contribution is -2.01. The predicted octanol–water partition coefficient (Wildman–Crippen LogP) is 15.9. The topological polar surface area (TPSA) is 51.8 Å². The molecular formula is C57H33N3OS. The van der Waals surface area contributed by atoms with Gasteiger partial charge in [0.1, 0.15) is 11.2 Å². The fraction of sp³-hybridized carbons (Fsp3) is 0. The summed E-state index contributed by atoms with van der Waals surface area (Å²) in [6, 6.07) is 70.9. The van der Waals surface area contributed by atoms with Gasteiger partial charge in [0, 0.05) is 47.6 Å². The number of aromatic nitrogens is 3. The second-order valence-electron chi connectivity index (χ2n) is 15.8. The Bertz CT molecular complexity index is 3910. The molecule has 0 amide bonds. The predicted molar refractivity (Wildman–Crippen MR) is 260 cm³/mol. The van der Waals surface area contributed by atoms with Gasteiger partial charge in [-0.15, -0.1) is 11.3 Å². The number of hydrogen-bond acceptors (Lipinski definition) is 5. The second-order valence-corrected chi connectivity index (χ2v) is 16.9. The van der Waals surface area contributed by atoms with E-state index in [9.17, 15) is 0 Å².